The third-order valence-electron chi connectivity index (χ3n) is 7.62. The van der Waals surface area contributed by atoms with Gasteiger partial charge in [0.05, 0.1) is 0 Å². The largest absolute Gasteiger partial charge is 0.461 e. The average molecular weight is 360 g/mol. The minimum atomic E-state index is -0.550. The number of cyclic esters (lactones) is 2. The fraction of sp³-hybridized carbons (Fsp3) is 0.714. The van der Waals surface area contributed by atoms with E-state index in [0.717, 1.165) is 43.3 Å². The van der Waals surface area contributed by atoms with Crippen LogP contribution < -0.4 is 0 Å². The molecule has 142 valence electrons. The van der Waals surface area contributed by atoms with E-state index in [4.69, 9.17) is 14.2 Å². The van der Waals surface area contributed by atoms with Gasteiger partial charge in [-0.3, -0.25) is 0 Å². The Morgan fingerprint density at radius 2 is 2.08 bits per heavy atom. The molecule has 26 heavy (non-hydrogen) atoms. The van der Waals surface area contributed by atoms with Crippen molar-refractivity contribution < 1.29 is 23.8 Å². The summed E-state index contributed by atoms with van der Waals surface area (Å²) in [5, 5.41) is 0. The number of esters is 2. The molecule has 0 aromatic heterocycles. The molecule has 1 saturated carbocycles. The van der Waals surface area contributed by atoms with E-state index in [0.29, 0.717) is 24.9 Å². The number of hydrogen-bond donors (Lipinski definition) is 0. The standard InChI is InChI=1S/C21H28O5/c1-13-7-10-21-12-25-19(23)15(21)5-4-6-16(21)20(13,2)9-8-14-11-17(24-3)26-18(14)22/h5,11,13,16-17H,4,6-10,12H2,1-3H3/t13?,16-,17?,20-,21+/m0/s1. The smallest absolute Gasteiger partial charge is 0.336 e. The van der Waals surface area contributed by atoms with Crippen molar-refractivity contribution in [3.8, 4) is 0 Å². The van der Waals surface area contributed by atoms with E-state index >= 15 is 0 Å². The minimum Gasteiger partial charge on any atom is -0.461 e. The van der Waals surface area contributed by atoms with Gasteiger partial charge < -0.3 is 14.2 Å². The zero-order valence-electron chi connectivity index (χ0n) is 15.9. The van der Waals surface area contributed by atoms with Crippen molar-refractivity contribution in [2.45, 2.75) is 58.7 Å². The van der Waals surface area contributed by atoms with E-state index in [1.165, 1.54) is 0 Å². The maximum absolute atomic E-state index is 12.3. The van der Waals surface area contributed by atoms with Gasteiger partial charge in [-0.2, -0.15) is 0 Å². The van der Waals surface area contributed by atoms with Crippen LogP contribution in [0.5, 0.6) is 0 Å². The maximum Gasteiger partial charge on any atom is 0.336 e. The van der Waals surface area contributed by atoms with Crippen LogP contribution >= 0.6 is 0 Å². The van der Waals surface area contributed by atoms with Crippen LogP contribution in [-0.4, -0.2) is 31.9 Å². The van der Waals surface area contributed by atoms with E-state index in [2.05, 4.69) is 19.9 Å². The summed E-state index contributed by atoms with van der Waals surface area (Å²) in [7, 11) is 1.54. The molecule has 0 aromatic carbocycles. The Kier molecular flexibility index (Phi) is 4.25. The van der Waals surface area contributed by atoms with E-state index in [-0.39, 0.29) is 22.8 Å². The predicted molar refractivity (Wildman–Crippen MR) is 94.9 cm³/mol. The number of rotatable bonds is 4. The van der Waals surface area contributed by atoms with Gasteiger partial charge in [-0.1, -0.05) is 19.9 Å². The molecule has 2 aliphatic heterocycles. The first-order valence-corrected chi connectivity index (χ1v) is 9.73. The first-order valence-electron chi connectivity index (χ1n) is 9.73. The number of hydrogen-bond acceptors (Lipinski definition) is 5. The van der Waals surface area contributed by atoms with Crippen molar-refractivity contribution in [2.24, 2.45) is 22.7 Å². The number of ether oxygens (including phenoxy) is 3. The molecular weight excluding hydrogens is 332 g/mol. The lowest BCUT2D eigenvalue weighted by molar-refractivity contribution is -0.155. The molecule has 1 spiro atoms. The topological polar surface area (TPSA) is 61.8 Å². The highest BCUT2D eigenvalue weighted by Crippen LogP contribution is 2.64. The van der Waals surface area contributed by atoms with Crippen molar-refractivity contribution in [3.63, 3.8) is 0 Å². The zero-order valence-corrected chi connectivity index (χ0v) is 15.9. The zero-order chi connectivity index (χ0) is 18.5. The fourth-order valence-corrected chi connectivity index (χ4v) is 5.86. The van der Waals surface area contributed by atoms with E-state index in [1.54, 1.807) is 13.2 Å². The summed E-state index contributed by atoms with van der Waals surface area (Å²) >= 11 is 0. The Morgan fingerprint density at radius 1 is 1.27 bits per heavy atom. The normalized spacial score (nSPS) is 41.7. The summed E-state index contributed by atoms with van der Waals surface area (Å²) in [5.74, 6) is 0.588. The molecule has 2 unspecified atom stereocenters. The fourth-order valence-electron chi connectivity index (χ4n) is 5.86. The van der Waals surface area contributed by atoms with Gasteiger partial charge in [0.2, 0.25) is 6.29 Å². The van der Waals surface area contributed by atoms with Crippen LogP contribution in [0.1, 0.15) is 52.4 Å². The highest BCUT2D eigenvalue weighted by atomic mass is 16.7. The van der Waals surface area contributed by atoms with Crippen molar-refractivity contribution in [1.29, 1.82) is 0 Å². The second-order valence-corrected chi connectivity index (χ2v) is 8.63. The average Bonchev–Trinajstić information content (AvgIpc) is 3.17. The lowest BCUT2D eigenvalue weighted by Crippen LogP contribution is -2.51. The second-order valence-electron chi connectivity index (χ2n) is 8.63. The molecule has 0 N–H and O–H groups in total. The SMILES string of the molecule is COC1C=C(CC[C@@]2(C)C(C)CC[C@@]34COC(=O)C3=CCC[C@H]42)C(=O)O1. The highest BCUT2D eigenvalue weighted by Gasteiger charge is 2.60. The molecule has 1 saturated heterocycles. The number of allylic oxidation sites excluding steroid dienone is 1. The monoisotopic (exact) mass is 360 g/mol. The molecule has 5 nitrogen and oxygen atoms in total. The van der Waals surface area contributed by atoms with E-state index < -0.39 is 6.29 Å². The minimum absolute atomic E-state index is 0.0675. The Labute approximate surface area is 154 Å². The second kappa shape index (κ2) is 6.22. The number of methoxy groups -OCH3 is 1. The molecule has 0 bridgehead atoms. The van der Waals surface area contributed by atoms with Crippen LogP contribution in [0.3, 0.4) is 0 Å². The molecule has 4 rings (SSSR count). The maximum atomic E-state index is 12.3. The quantitative estimate of drug-likeness (QED) is 0.718. The van der Waals surface area contributed by atoms with Gasteiger partial charge in [-0.15, -0.1) is 0 Å². The van der Waals surface area contributed by atoms with Crippen molar-refractivity contribution >= 4 is 11.9 Å². The van der Waals surface area contributed by atoms with Gasteiger partial charge in [0.25, 0.3) is 0 Å². The third kappa shape index (κ3) is 2.47. The molecule has 5 atom stereocenters. The summed E-state index contributed by atoms with van der Waals surface area (Å²) < 4.78 is 15.8. The van der Waals surface area contributed by atoms with Crippen LogP contribution in [0.4, 0.5) is 0 Å². The molecule has 0 radical (unpaired) electrons. The summed E-state index contributed by atoms with van der Waals surface area (Å²) in [6.07, 6.45) is 9.12. The lowest BCUT2D eigenvalue weighted by Gasteiger charge is -2.56. The first kappa shape index (κ1) is 17.8. The molecule has 0 amide bonds. The highest BCUT2D eigenvalue weighted by molar-refractivity contribution is 5.92. The summed E-state index contributed by atoms with van der Waals surface area (Å²) in [6, 6.07) is 0. The molecule has 2 aliphatic carbocycles. The summed E-state index contributed by atoms with van der Waals surface area (Å²) in [5.41, 5.74) is 1.59. The van der Waals surface area contributed by atoms with Gasteiger partial charge >= 0.3 is 11.9 Å². The molecule has 0 aromatic rings. The van der Waals surface area contributed by atoms with Crippen LogP contribution in [0.2, 0.25) is 0 Å². The van der Waals surface area contributed by atoms with Crippen molar-refractivity contribution in [2.75, 3.05) is 13.7 Å². The molecule has 2 heterocycles. The first-order chi connectivity index (χ1) is 12.4. The molecule has 2 fully saturated rings. The molecule has 4 aliphatic rings. The molecular formula is C21H28O5. The van der Waals surface area contributed by atoms with Gasteiger partial charge in [-0.05, 0) is 61.9 Å². The van der Waals surface area contributed by atoms with Gasteiger partial charge in [-0.25, -0.2) is 9.59 Å². The van der Waals surface area contributed by atoms with Crippen LogP contribution in [0.25, 0.3) is 0 Å². The van der Waals surface area contributed by atoms with Crippen molar-refractivity contribution in [1.82, 2.24) is 0 Å². The Bertz CT molecular complexity index is 693. The predicted octanol–water partition coefficient (Wildman–Crippen LogP) is 3.54. The van der Waals surface area contributed by atoms with Crippen LogP contribution in [0.15, 0.2) is 23.3 Å². The van der Waals surface area contributed by atoms with E-state index in [9.17, 15) is 9.59 Å². The lowest BCUT2D eigenvalue weighted by atomic mass is 9.47. The summed E-state index contributed by atoms with van der Waals surface area (Å²) in [6.45, 7) is 5.20. The Hall–Kier alpha value is -1.62. The molecule has 5 heteroatoms. The third-order valence-corrected chi connectivity index (χ3v) is 7.62. The summed E-state index contributed by atoms with van der Waals surface area (Å²) in [4.78, 5) is 24.3. The van der Waals surface area contributed by atoms with Gasteiger partial charge in [0.15, 0.2) is 0 Å². The number of carbonyl (C=O) groups excluding carboxylic acids is 2. The Morgan fingerprint density at radius 3 is 2.81 bits per heavy atom. The van der Waals surface area contributed by atoms with Crippen LogP contribution in [-0.2, 0) is 23.8 Å². The Balaban J connectivity index is 1.59. The van der Waals surface area contributed by atoms with Crippen molar-refractivity contribution in [3.05, 3.63) is 23.3 Å². The van der Waals surface area contributed by atoms with Gasteiger partial charge in [0.1, 0.15) is 6.61 Å². The van der Waals surface area contributed by atoms with E-state index in [1.807, 2.05) is 0 Å². The number of carbonyl (C=O) groups is 2. The van der Waals surface area contributed by atoms with Crippen LogP contribution in [0, 0.1) is 22.7 Å². The van der Waals surface area contributed by atoms with Gasteiger partial charge in [0, 0.05) is 23.7 Å².